The van der Waals surface area contributed by atoms with Crippen LogP contribution in [-0.2, 0) is 0 Å². The number of halogens is 1. The molecule has 1 fully saturated rings. The Bertz CT molecular complexity index is 324. The predicted octanol–water partition coefficient (Wildman–Crippen LogP) is 4.66. The SMILES string of the molecule is CCCNC(CC1CC1)c1cc(C)c(Br)s1. The summed E-state index contributed by atoms with van der Waals surface area (Å²) >= 11 is 5.52. The van der Waals surface area contributed by atoms with Gasteiger partial charge in [0.2, 0.25) is 0 Å². The first-order valence-electron chi connectivity index (χ1n) is 6.20. The molecule has 1 aliphatic carbocycles. The fourth-order valence-corrected chi connectivity index (χ4v) is 3.62. The van der Waals surface area contributed by atoms with Gasteiger partial charge < -0.3 is 5.32 Å². The Morgan fingerprint density at radius 2 is 2.31 bits per heavy atom. The molecule has 16 heavy (non-hydrogen) atoms. The molecule has 1 heterocycles. The second kappa shape index (κ2) is 5.65. The lowest BCUT2D eigenvalue weighted by molar-refractivity contribution is 0.480. The monoisotopic (exact) mass is 301 g/mol. The molecular formula is C13H20BrNS. The molecule has 0 aliphatic heterocycles. The predicted molar refractivity (Wildman–Crippen MR) is 75.1 cm³/mol. The third-order valence-electron chi connectivity index (χ3n) is 3.13. The van der Waals surface area contributed by atoms with E-state index >= 15 is 0 Å². The highest BCUT2D eigenvalue weighted by Gasteiger charge is 2.26. The van der Waals surface area contributed by atoms with Gasteiger partial charge in [0.15, 0.2) is 0 Å². The van der Waals surface area contributed by atoms with Crippen LogP contribution in [0, 0.1) is 12.8 Å². The first-order chi connectivity index (χ1) is 7.70. The number of aryl methyl sites for hydroxylation is 1. The van der Waals surface area contributed by atoms with Gasteiger partial charge in [0.1, 0.15) is 0 Å². The quantitative estimate of drug-likeness (QED) is 0.806. The Morgan fingerprint density at radius 1 is 1.56 bits per heavy atom. The van der Waals surface area contributed by atoms with E-state index in [2.05, 4.69) is 41.2 Å². The Morgan fingerprint density at radius 3 is 2.81 bits per heavy atom. The maximum absolute atomic E-state index is 3.69. The van der Waals surface area contributed by atoms with E-state index in [1.165, 1.54) is 39.9 Å². The highest BCUT2D eigenvalue weighted by molar-refractivity contribution is 9.11. The van der Waals surface area contributed by atoms with Crippen LogP contribution in [-0.4, -0.2) is 6.54 Å². The van der Waals surface area contributed by atoms with Crippen molar-refractivity contribution >= 4 is 27.3 Å². The fourth-order valence-electron chi connectivity index (χ4n) is 1.96. The van der Waals surface area contributed by atoms with Crippen molar-refractivity contribution in [3.8, 4) is 0 Å². The van der Waals surface area contributed by atoms with Crippen LogP contribution in [0.15, 0.2) is 9.85 Å². The van der Waals surface area contributed by atoms with Crippen LogP contribution in [0.2, 0.25) is 0 Å². The summed E-state index contributed by atoms with van der Waals surface area (Å²) in [6, 6.07) is 2.92. The molecule has 1 N–H and O–H groups in total. The third kappa shape index (κ3) is 3.31. The zero-order chi connectivity index (χ0) is 11.5. The summed E-state index contributed by atoms with van der Waals surface area (Å²) in [5, 5.41) is 3.69. The van der Waals surface area contributed by atoms with Crippen molar-refractivity contribution in [2.45, 2.75) is 45.6 Å². The van der Waals surface area contributed by atoms with Gasteiger partial charge in [0.25, 0.3) is 0 Å². The van der Waals surface area contributed by atoms with Crippen molar-refractivity contribution in [3.05, 3.63) is 20.3 Å². The lowest BCUT2D eigenvalue weighted by atomic mass is 10.1. The maximum Gasteiger partial charge on any atom is 0.0731 e. The van der Waals surface area contributed by atoms with E-state index in [-0.39, 0.29) is 0 Å². The first kappa shape index (κ1) is 12.6. The second-order valence-electron chi connectivity index (χ2n) is 4.79. The Hall–Kier alpha value is 0.140. The van der Waals surface area contributed by atoms with E-state index in [9.17, 15) is 0 Å². The third-order valence-corrected chi connectivity index (χ3v) is 5.38. The van der Waals surface area contributed by atoms with Gasteiger partial charge in [-0.05, 0) is 59.8 Å². The molecule has 0 bridgehead atoms. The molecule has 1 aliphatic rings. The van der Waals surface area contributed by atoms with Gasteiger partial charge in [-0.25, -0.2) is 0 Å². The molecule has 1 unspecified atom stereocenters. The van der Waals surface area contributed by atoms with Crippen LogP contribution in [0.1, 0.15) is 49.1 Å². The van der Waals surface area contributed by atoms with Crippen molar-refractivity contribution in [2.24, 2.45) is 5.92 Å². The minimum atomic E-state index is 0.586. The smallest absolute Gasteiger partial charge is 0.0731 e. The van der Waals surface area contributed by atoms with Gasteiger partial charge in [-0.2, -0.15) is 0 Å². The van der Waals surface area contributed by atoms with E-state index in [0.29, 0.717) is 6.04 Å². The van der Waals surface area contributed by atoms with E-state index in [0.717, 1.165) is 12.5 Å². The number of hydrogen-bond acceptors (Lipinski definition) is 2. The summed E-state index contributed by atoms with van der Waals surface area (Å²) in [7, 11) is 0. The summed E-state index contributed by atoms with van der Waals surface area (Å²) in [5.41, 5.74) is 1.37. The Labute approximate surface area is 111 Å². The largest absolute Gasteiger partial charge is 0.309 e. The number of nitrogens with one attached hydrogen (secondary N) is 1. The first-order valence-corrected chi connectivity index (χ1v) is 7.81. The van der Waals surface area contributed by atoms with Crippen molar-refractivity contribution in [1.82, 2.24) is 5.32 Å². The molecule has 0 radical (unpaired) electrons. The van der Waals surface area contributed by atoms with Crippen LogP contribution in [0.4, 0.5) is 0 Å². The molecule has 1 aromatic heterocycles. The average molecular weight is 302 g/mol. The Balaban J connectivity index is 2.03. The lowest BCUT2D eigenvalue weighted by Crippen LogP contribution is -2.21. The van der Waals surface area contributed by atoms with Crippen LogP contribution >= 0.6 is 27.3 Å². The normalized spacial score (nSPS) is 17.7. The van der Waals surface area contributed by atoms with Crippen LogP contribution in [0.3, 0.4) is 0 Å². The molecular weight excluding hydrogens is 282 g/mol. The van der Waals surface area contributed by atoms with Gasteiger partial charge in [-0.15, -0.1) is 11.3 Å². The summed E-state index contributed by atoms with van der Waals surface area (Å²) < 4.78 is 1.29. The molecule has 90 valence electrons. The molecule has 0 amide bonds. The highest BCUT2D eigenvalue weighted by atomic mass is 79.9. The zero-order valence-corrected chi connectivity index (χ0v) is 12.5. The van der Waals surface area contributed by atoms with Crippen LogP contribution in [0.25, 0.3) is 0 Å². The second-order valence-corrected chi connectivity index (χ2v) is 7.19. The van der Waals surface area contributed by atoms with E-state index in [4.69, 9.17) is 0 Å². The van der Waals surface area contributed by atoms with Gasteiger partial charge in [0, 0.05) is 10.9 Å². The maximum atomic E-state index is 3.69. The molecule has 1 saturated carbocycles. The molecule has 0 saturated heterocycles. The van der Waals surface area contributed by atoms with Crippen LogP contribution < -0.4 is 5.32 Å². The van der Waals surface area contributed by atoms with E-state index in [1.54, 1.807) is 0 Å². The van der Waals surface area contributed by atoms with Crippen molar-refractivity contribution < 1.29 is 0 Å². The summed E-state index contributed by atoms with van der Waals surface area (Å²) in [6.07, 6.45) is 5.42. The zero-order valence-electron chi connectivity index (χ0n) is 10.1. The molecule has 0 spiro atoms. The highest BCUT2D eigenvalue weighted by Crippen LogP contribution is 2.40. The topological polar surface area (TPSA) is 12.0 Å². The van der Waals surface area contributed by atoms with Crippen molar-refractivity contribution in [2.75, 3.05) is 6.54 Å². The minimum absolute atomic E-state index is 0.586. The molecule has 1 aromatic rings. The lowest BCUT2D eigenvalue weighted by Gasteiger charge is -2.16. The van der Waals surface area contributed by atoms with E-state index < -0.39 is 0 Å². The number of thiophene rings is 1. The number of hydrogen-bond donors (Lipinski definition) is 1. The molecule has 1 nitrogen and oxygen atoms in total. The van der Waals surface area contributed by atoms with E-state index in [1.807, 2.05) is 11.3 Å². The molecule has 0 aromatic carbocycles. The summed E-state index contributed by atoms with van der Waals surface area (Å²) in [5.74, 6) is 0.982. The van der Waals surface area contributed by atoms with Gasteiger partial charge in [0.05, 0.1) is 3.79 Å². The minimum Gasteiger partial charge on any atom is -0.309 e. The van der Waals surface area contributed by atoms with Gasteiger partial charge in [-0.1, -0.05) is 19.8 Å². The van der Waals surface area contributed by atoms with Crippen molar-refractivity contribution in [1.29, 1.82) is 0 Å². The fraction of sp³-hybridized carbons (Fsp3) is 0.692. The van der Waals surface area contributed by atoms with Gasteiger partial charge >= 0.3 is 0 Å². The Kier molecular flexibility index (Phi) is 4.45. The van der Waals surface area contributed by atoms with Crippen LogP contribution in [0.5, 0.6) is 0 Å². The standard InChI is InChI=1S/C13H20BrNS/c1-3-6-15-11(8-10-4-5-10)12-7-9(2)13(14)16-12/h7,10-11,15H,3-6,8H2,1-2H3. The number of rotatable bonds is 6. The average Bonchev–Trinajstić information content (AvgIpc) is 3.01. The summed E-state index contributed by atoms with van der Waals surface area (Å²) in [4.78, 5) is 1.50. The molecule has 3 heteroatoms. The molecule has 1 atom stereocenters. The molecule has 2 rings (SSSR count). The summed E-state index contributed by atoms with van der Waals surface area (Å²) in [6.45, 7) is 5.54. The van der Waals surface area contributed by atoms with Crippen molar-refractivity contribution in [3.63, 3.8) is 0 Å². The van der Waals surface area contributed by atoms with Gasteiger partial charge in [-0.3, -0.25) is 0 Å².